The van der Waals surface area contributed by atoms with Gasteiger partial charge in [0.05, 0.1) is 10.6 Å². The second kappa shape index (κ2) is 10.9. The van der Waals surface area contributed by atoms with Crippen molar-refractivity contribution in [2.75, 3.05) is 10.6 Å². The second-order valence-corrected chi connectivity index (χ2v) is 8.82. The number of aromatic nitrogens is 2. The highest BCUT2D eigenvalue weighted by molar-refractivity contribution is 6.30. The second-order valence-electron chi connectivity index (χ2n) is 8.38. The number of benzene rings is 3. The number of anilines is 3. The third-order valence-corrected chi connectivity index (χ3v) is 5.98. The van der Waals surface area contributed by atoms with Gasteiger partial charge in [-0.15, -0.1) is 0 Å². The van der Waals surface area contributed by atoms with Crippen molar-refractivity contribution in [3.8, 4) is 28.7 Å². The van der Waals surface area contributed by atoms with E-state index in [9.17, 15) is 25.0 Å². The molecular weight excluding hydrogens is 536 g/mol. The summed E-state index contributed by atoms with van der Waals surface area (Å²) in [4.78, 5) is 42.8. The number of carbonyl (C=O) groups is 1. The molecule has 0 radical (unpaired) electrons. The van der Waals surface area contributed by atoms with E-state index in [0.717, 1.165) is 0 Å². The number of halogens is 1. The highest BCUT2D eigenvalue weighted by Crippen LogP contribution is 2.27. The number of rotatable bonds is 7. The molecule has 0 atom stereocenters. The summed E-state index contributed by atoms with van der Waals surface area (Å²) in [6.45, 7) is 0. The zero-order valence-electron chi connectivity index (χ0n) is 20.3. The lowest BCUT2D eigenvalue weighted by Crippen LogP contribution is -2.16. The molecule has 3 aromatic carbocycles. The number of hydrogen-bond donors (Lipinski definition) is 3. The van der Waals surface area contributed by atoms with Gasteiger partial charge in [-0.05, 0) is 48.5 Å². The molecule has 2 aromatic heterocycles. The number of carbonyl (C=O) groups excluding carboxylic acids is 1. The van der Waals surface area contributed by atoms with E-state index in [4.69, 9.17) is 16.0 Å². The van der Waals surface area contributed by atoms with Gasteiger partial charge in [0.1, 0.15) is 17.4 Å². The summed E-state index contributed by atoms with van der Waals surface area (Å²) in [5, 5.41) is 26.8. The minimum atomic E-state index is -0.612. The summed E-state index contributed by atoms with van der Waals surface area (Å²) in [6, 6.07) is 24.0. The molecule has 2 heterocycles. The van der Waals surface area contributed by atoms with Gasteiger partial charge in [-0.25, -0.2) is 4.98 Å². The fourth-order valence-corrected chi connectivity index (χ4v) is 3.93. The van der Waals surface area contributed by atoms with Gasteiger partial charge < -0.3 is 15.1 Å². The average molecular weight is 553 g/mol. The quantitative estimate of drug-likeness (QED) is 0.160. The van der Waals surface area contributed by atoms with E-state index in [1.165, 1.54) is 24.3 Å². The van der Waals surface area contributed by atoms with Crippen molar-refractivity contribution in [3.63, 3.8) is 0 Å². The number of aromatic amines is 1. The standard InChI is InChI=1S/C28H17ClN6O5/c29-18-6-10-20(11-7-18)32-28-33-25(22(15-30)26(36)34-28)16-4-8-19(9-5-16)31-27(37)24-13-12-23(40-24)17-2-1-3-21(14-17)35(38)39/h1-14H,(H,31,37)(H2,32,33,34,36). The predicted octanol–water partition coefficient (Wildman–Crippen LogP) is 6.13. The molecule has 3 N–H and O–H groups in total. The number of nitro benzene ring substituents is 1. The lowest BCUT2D eigenvalue weighted by Gasteiger charge is -2.10. The van der Waals surface area contributed by atoms with Crippen molar-refractivity contribution in [3.05, 3.63) is 122 Å². The SMILES string of the molecule is N#Cc1c(-c2ccc(NC(=O)c3ccc(-c4cccc([N+](=O)[O-])c4)o3)cc2)nc(Nc2ccc(Cl)cc2)[nH]c1=O. The molecule has 1 amide bonds. The van der Waals surface area contributed by atoms with Gasteiger partial charge in [0, 0.05) is 39.7 Å². The molecule has 0 unspecified atom stereocenters. The Kier molecular flexibility index (Phi) is 7.08. The van der Waals surface area contributed by atoms with Crippen LogP contribution in [0.15, 0.2) is 94.1 Å². The number of nitriles is 1. The number of non-ortho nitro benzene ring substituents is 1. The molecule has 5 aromatic rings. The van der Waals surface area contributed by atoms with Crippen LogP contribution in [-0.2, 0) is 0 Å². The molecule has 0 aliphatic rings. The summed E-state index contributed by atoms with van der Waals surface area (Å²) in [5.74, 6) is -0.0925. The zero-order valence-corrected chi connectivity index (χ0v) is 21.1. The number of amides is 1. The molecule has 0 aliphatic heterocycles. The van der Waals surface area contributed by atoms with Crippen molar-refractivity contribution >= 4 is 40.5 Å². The summed E-state index contributed by atoms with van der Waals surface area (Å²) in [7, 11) is 0. The van der Waals surface area contributed by atoms with Crippen LogP contribution in [-0.4, -0.2) is 20.8 Å². The minimum absolute atomic E-state index is 0.00604. The van der Waals surface area contributed by atoms with Crippen molar-refractivity contribution in [2.24, 2.45) is 0 Å². The highest BCUT2D eigenvalue weighted by atomic mass is 35.5. The van der Waals surface area contributed by atoms with Crippen molar-refractivity contribution in [1.82, 2.24) is 9.97 Å². The molecule has 12 heteroatoms. The predicted molar refractivity (Wildman–Crippen MR) is 148 cm³/mol. The van der Waals surface area contributed by atoms with Gasteiger partial charge in [0.2, 0.25) is 5.95 Å². The fourth-order valence-electron chi connectivity index (χ4n) is 3.81. The Morgan fingerprint density at radius 2 is 1.73 bits per heavy atom. The molecule has 0 aliphatic carbocycles. The summed E-state index contributed by atoms with van der Waals surface area (Å²) < 4.78 is 5.61. The van der Waals surface area contributed by atoms with Crippen LogP contribution in [0.1, 0.15) is 16.1 Å². The van der Waals surface area contributed by atoms with E-state index in [2.05, 4.69) is 20.6 Å². The molecule has 196 valence electrons. The van der Waals surface area contributed by atoms with Crippen LogP contribution in [0.3, 0.4) is 0 Å². The molecular formula is C28H17ClN6O5. The summed E-state index contributed by atoms with van der Waals surface area (Å²) >= 11 is 5.92. The molecule has 0 fully saturated rings. The van der Waals surface area contributed by atoms with Gasteiger partial charge in [-0.1, -0.05) is 35.9 Å². The molecule has 40 heavy (non-hydrogen) atoms. The monoisotopic (exact) mass is 552 g/mol. The number of H-pyrrole nitrogens is 1. The highest BCUT2D eigenvalue weighted by Gasteiger charge is 2.16. The van der Waals surface area contributed by atoms with Gasteiger partial charge in [0.15, 0.2) is 5.76 Å². The first-order valence-electron chi connectivity index (χ1n) is 11.6. The minimum Gasteiger partial charge on any atom is -0.451 e. The molecule has 0 saturated carbocycles. The van der Waals surface area contributed by atoms with Crippen LogP contribution in [0.25, 0.3) is 22.6 Å². The largest absolute Gasteiger partial charge is 0.451 e. The molecule has 0 spiro atoms. The molecule has 0 bridgehead atoms. The number of nitrogens with zero attached hydrogens (tertiary/aromatic N) is 3. The Hall–Kier alpha value is -5.73. The third kappa shape index (κ3) is 5.57. The van der Waals surface area contributed by atoms with Crippen molar-refractivity contribution in [1.29, 1.82) is 5.26 Å². The summed E-state index contributed by atoms with van der Waals surface area (Å²) in [6.07, 6.45) is 0. The first-order chi connectivity index (χ1) is 19.3. The van der Waals surface area contributed by atoms with E-state index < -0.39 is 16.4 Å². The molecule has 11 nitrogen and oxygen atoms in total. The maximum Gasteiger partial charge on any atom is 0.291 e. The van der Waals surface area contributed by atoms with Crippen LogP contribution in [0, 0.1) is 21.4 Å². The van der Waals surface area contributed by atoms with Crippen molar-refractivity contribution < 1.29 is 14.1 Å². The van der Waals surface area contributed by atoms with Crippen molar-refractivity contribution in [2.45, 2.75) is 0 Å². The van der Waals surface area contributed by atoms with Gasteiger partial charge in [-0.3, -0.25) is 24.7 Å². The van der Waals surface area contributed by atoms with Crippen LogP contribution in [0.2, 0.25) is 5.02 Å². The number of nitro groups is 1. The Labute approximate surface area is 230 Å². The van der Waals surface area contributed by atoms with Crippen LogP contribution < -0.4 is 16.2 Å². The Bertz CT molecular complexity index is 1840. The maximum atomic E-state index is 12.7. The number of hydrogen-bond acceptors (Lipinski definition) is 8. The fraction of sp³-hybridized carbons (Fsp3) is 0. The van der Waals surface area contributed by atoms with E-state index >= 15 is 0 Å². The smallest absolute Gasteiger partial charge is 0.291 e. The number of nitrogens with one attached hydrogen (secondary N) is 3. The third-order valence-electron chi connectivity index (χ3n) is 5.73. The van der Waals surface area contributed by atoms with Gasteiger partial charge in [0.25, 0.3) is 17.2 Å². The first kappa shape index (κ1) is 25.9. The first-order valence-corrected chi connectivity index (χ1v) is 12.0. The Morgan fingerprint density at radius 3 is 2.42 bits per heavy atom. The van der Waals surface area contributed by atoms with E-state index in [1.807, 2.05) is 6.07 Å². The lowest BCUT2D eigenvalue weighted by atomic mass is 10.1. The zero-order chi connectivity index (χ0) is 28.2. The number of furan rings is 1. The Balaban J connectivity index is 1.34. The topological polar surface area (TPSA) is 167 Å². The van der Waals surface area contributed by atoms with E-state index in [-0.39, 0.29) is 28.7 Å². The van der Waals surface area contributed by atoms with Gasteiger partial charge >= 0.3 is 0 Å². The van der Waals surface area contributed by atoms with E-state index in [0.29, 0.717) is 33.3 Å². The van der Waals surface area contributed by atoms with Crippen LogP contribution >= 0.6 is 11.6 Å². The Morgan fingerprint density at radius 1 is 1.00 bits per heavy atom. The molecule has 0 saturated heterocycles. The normalized spacial score (nSPS) is 10.5. The molecule has 5 rings (SSSR count). The van der Waals surface area contributed by atoms with Crippen LogP contribution in [0.5, 0.6) is 0 Å². The van der Waals surface area contributed by atoms with Gasteiger partial charge in [-0.2, -0.15) is 5.26 Å². The van der Waals surface area contributed by atoms with Crippen LogP contribution in [0.4, 0.5) is 23.0 Å². The van der Waals surface area contributed by atoms with E-state index in [1.54, 1.807) is 60.7 Å². The lowest BCUT2D eigenvalue weighted by molar-refractivity contribution is -0.384. The summed E-state index contributed by atoms with van der Waals surface area (Å²) in [5.41, 5.74) is 1.28. The average Bonchev–Trinajstić information content (AvgIpc) is 3.45. The maximum absolute atomic E-state index is 12.7.